The molecule has 8 aromatic rings. The first kappa shape index (κ1) is 34.0. The van der Waals surface area contributed by atoms with E-state index >= 15 is 0 Å². The van der Waals surface area contributed by atoms with Crippen molar-refractivity contribution in [2.24, 2.45) is 0 Å². The molecule has 0 fully saturated rings. The second-order valence-corrected chi connectivity index (χ2v) is 14.6. The molecule has 1 aromatic heterocycles. The third-order valence-corrected chi connectivity index (χ3v) is 11.5. The van der Waals surface area contributed by atoms with Gasteiger partial charge in [0.15, 0.2) is 17.5 Å². The summed E-state index contributed by atoms with van der Waals surface area (Å²) in [5.41, 5.74) is 14.3. The van der Waals surface area contributed by atoms with E-state index in [1.165, 1.54) is 44.5 Å². The summed E-state index contributed by atoms with van der Waals surface area (Å²) >= 11 is 0. The molecule has 0 saturated carbocycles. The van der Waals surface area contributed by atoms with Gasteiger partial charge in [0.25, 0.3) is 0 Å². The molecule has 0 amide bonds. The van der Waals surface area contributed by atoms with Crippen LogP contribution in [0.3, 0.4) is 0 Å². The van der Waals surface area contributed by atoms with E-state index in [0.29, 0.717) is 23.0 Å². The number of fused-ring (bicyclic) bond motifs is 2. The zero-order chi connectivity index (χ0) is 38.2. The van der Waals surface area contributed by atoms with Gasteiger partial charge in [0.05, 0.1) is 17.0 Å². The highest BCUT2D eigenvalue weighted by Gasteiger charge is 2.48. The molecule has 0 bridgehead atoms. The molecular formula is C53H36N4. The number of rotatable bonds is 7. The lowest BCUT2D eigenvalue weighted by molar-refractivity contribution is 0.753. The number of hydrogen-bond donors (Lipinski definition) is 0. The van der Waals surface area contributed by atoms with Crippen molar-refractivity contribution in [3.05, 3.63) is 245 Å². The lowest BCUT2D eigenvalue weighted by Gasteiger charge is -2.37. The standard InChI is InChI=1S/C53H36N4/c54-35-36-25-27-37(28-26-36)46-34-49-47(44-23-13-14-24-48(44)53(49,42-19-9-3-10-20-42)43-21-11-4-12-22-43)33-45(46)38-29-31-41(32-30-38)52-56-50(39-15-5-1-6-16-39)55-51(57-52)40-17-7-2-8-18-40/h1-32,34,45H,33H2. The SMILES string of the molecule is N#Cc1ccc(C2=CC3=C(CC2c2ccc(-c4nc(-c5ccccc5)nc(-c5ccccc5)n4)cc2)c2ccccc2C3(c2ccccc2)c2ccccc2)cc1. The highest BCUT2D eigenvalue weighted by Crippen LogP contribution is 2.60. The largest absolute Gasteiger partial charge is 0.208 e. The smallest absolute Gasteiger partial charge is 0.164 e. The Kier molecular flexibility index (Phi) is 8.54. The first-order valence-electron chi connectivity index (χ1n) is 19.3. The fourth-order valence-electron chi connectivity index (χ4n) is 8.86. The van der Waals surface area contributed by atoms with Crippen LogP contribution in [0.15, 0.2) is 206 Å². The van der Waals surface area contributed by atoms with Crippen LogP contribution in [-0.2, 0) is 5.41 Å². The molecule has 1 heterocycles. The Morgan fingerprint density at radius 3 is 1.46 bits per heavy atom. The van der Waals surface area contributed by atoms with Gasteiger partial charge in [-0.15, -0.1) is 0 Å². The Balaban J connectivity index is 1.13. The average molecular weight is 729 g/mol. The third-order valence-electron chi connectivity index (χ3n) is 11.5. The summed E-state index contributed by atoms with van der Waals surface area (Å²) < 4.78 is 0. The van der Waals surface area contributed by atoms with E-state index in [1.54, 1.807) is 0 Å². The van der Waals surface area contributed by atoms with Gasteiger partial charge in [-0.05, 0) is 68.7 Å². The van der Waals surface area contributed by atoms with E-state index < -0.39 is 5.41 Å². The first-order chi connectivity index (χ1) is 28.2. The van der Waals surface area contributed by atoms with Crippen LogP contribution in [0.5, 0.6) is 0 Å². The fourth-order valence-corrected chi connectivity index (χ4v) is 8.86. The Labute approximate surface area is 332 Å². The van der Waals surface area contributed by atoms with E-state index in [-0.39, 0.29) is 5.92 Å². The van der Waals surface area contributed by atoms with Crippen LogP contribution in [0.4, 0.5) is 0 Å². The lowest BCUT2D eigenvalue weighted by atomic mass is 9.65. The van der Waals surface area contributed by atoms with E-state index in [0.717, 1.165) is 28.7 Å². The molecule has 2 aliphatic carbocycles. The molecule has 1 unspecified atom stereocenters. The molecule has 7 aromatic carbocycles. The molecule has 57 heavy (non-hydrogen) atoms. The molecule has 268 valence electrons. The minimum atomic E-state index is -0.493. The molecule has 10 rings (SSSR count). The maximum Gasteiger partial charge on any atom is 0.164 e. The summed E-state index contributed by atoms with van der Waals surface area (Å²) in [6.07, 6.45) is 3.28. The van der Waals surface area contributed by atoms with Gasteiger partial charge in [-0.1, -0.05) is 188 Å². The van der Waals surface area contributed by atoms with Crippen molar-refractivity contribution in [3.63, 3.8) is 0 Å². The average Bonchev–Trinajstić information content (AvgIpc) is 3.60. The molecule has 2 aliphatic rings. The second kappa shape index (κ2) is 14.3. The number of hydrogen-bond acceptors (Lipinski definition) is 4. The number of nitrogens with zero attached hydrogens (tertiary/aromatic N) is 4. The van der Waals surface area contributed by atoms with Crippen LogP contribution >= 0.6 is 0 Å². The highest BCUT2D eigenvalue weighted by molar-refractivity contribution is 5.94. The van der Waals surface area contributed by atoms with Crippen LogP contribution in [0.1, 0.15) is 51.3 Å². The molecule has 0 N–H and O–H groups in total. The van der Waals surface area contributed by atoms with Crippen molar-refractivity contribution in [3.8, 4) is 40.2 Å². The predicted octanol–water partition coefficient (Wildman–Crippen LogP) is 12.1. The Hall–Kier alpha value is -7.48. The lowest BCUT2D eigenvalue weighted by Crippen LogP contribution is -2.30. The minimum Gasteiger partial charge on any atom is -0.208 e. The van der Waals surface area contributed by atoms with Crippen molar-refractivity contribution in [2.75, 3.05) is 0 Å². The number of nitriles is 1. The van der Waals surface area contributed by atoms with Crippen LogP contribution in [0, 0.1) is 11.3 Å². The zero-order valence-electron chi connectivity index (χ0n) is 31.1. The quantitative estimate of drug-likeness (QED) is 0.164. The van der Waals surface area contributed by atoms with E-state index in [1.807, 2.05) is 72.8 Å². The fraction of sp³-hybridized carbons (Fsp3) is 0.0566. The topological polar surface area (TPSA) is 62.5 Å². The summed E-state index contributed by atoms with van der Waals surface area (Å²) in [6.45, 7) is 0. The van der Waals surface area contributed by atoms with Gasteiger partial charge < -0.3 is 0 Å². The maximum absolute atomic E-state index is 9.71. The number of aromatic nitrogens is 3. The molecule has 4 nitrogen and oxygen atoms in total. The maximum atomic E-state index is 9.71. The summed E-state index contributed by atoms with van der Waals surface area (Å²) in [7, 11) is 0. The summed E-state index contributed by atoms with van der Waals surface area (Å²) in [6, 6.07) is 70.1. The Morgan fingerprint density at radius 2 is 0.930 bits per heavy atom. The summed E-state index contributed by atoms with van der Waals surface area (Å²) in [5.74, 6) is 1.97. The van der Waals surface area contributed by atoms with Crippen LogP contribution in [0.25, 0.3) is 45.3 Å². The van der Waals surface area contributed by atoms with Crippen LogP contribution in [-0.4, -0.2) is 15.0 Å². The van der Waals surface area contributed by atoms with Gasteiger partial charge >= 0.3 is 0 Å². The first-order valence-corrected chi connectivity index (χ1v) is 19.3. The van der Waals surface area contributed by atoms with Gasteiger partial charge in [0, 0.05) is 22.6 Å². The normalized spacial score (nSPS) is 15.3. The highest BCUT2D eigenvalue weighted by atomic mass is 15.0. The van der Waals surface area contributed by atoms with E-state index in [4.69, 9.17) is 15.0 Å². The van der Waals surface area contributed by atoms with Gasteiger partial charge in [-0.25, -0.2) is 15.0 Å². The Morgan fingerprint density at radius 1 is 0.474 bits per heavy atom. The van der Waals surface area contributed by atoms with Crippen molar-refractivity contribution >= 4 is 11.1 Å². The summed E-state index contributed by atoms with van der Waals surface area (Å²) in [4.78, 5) is 14.9. The molecule has 0 aliphatic heterocycles. The van der Waals surface area contributed by atoms with Gasteiger partial charge in [0.2, 0.25) is 0 Å². The molecule has 4 heteroatoms. The van der Waals surface area contributed by atoms with Crippen molar-refractivity contribution in [2.45, 2.75) is 17.8 Å². The molecule has 0 saturated heterocycles. The predicted molar refractivity (Wildman–Crippen MR) is 229 cm³/mol. The number of allylic oxidation sites excluding steroid dienone is 4. The second-order valence-electron chi connectivity index (χ2n) is 14.6. The van der Waals surface area contributed by atoms with Crippen molar-refractivity contribution in [1.29, 1.82) is 5.26 Å². The van der Waals surface area contributed by atoms with E-state index in [2.05, 4.69) is 133 Å². The monoisotopic (exact) mass is 728 g/mol. The Bertz CT molecular complexity index is 2740. The van der Waals surface area contributed by atoms with Gasteiger partial charge in [-0.3, -0.25) is 0 Å². The molecule has 0 spiro atoms. The molecule has 1 atom stereocenters. The zero-order valence-corrected chi connectivity index (χ0v) is 31.1. The number of benzene rings is 7. The van der Waals surface area contributed by atoms with Crippen molar-refractivity contribution in [1.82, 2.24) is 15.0 Å². The van der Waals surface area contributed by atoms with Crippen molar-refractivity contribution < 1.29 is 0 Å². The minimum absolute atomic E-state index is 0.0549. The van der Waals surface area contributed by atoms with E-state index in [9.17, 15) is 5.26 Å². The van der Waals surface area contributed by atoms with Gasteiger partial charge in [0.1, 0.15) is 0 Å². The van der Waals surface area contributed by atoms with Crippen LogP contribution < -0.4 is 0 Å². The van der Waals surface area contributed by atoms with Gasteiger partial charge in [-0.2, -0.15) is 5.26 Å². The molecule has 0 radical (unpaired) electrons. The van der Waals surface area contributed by atoms with Crippen LogP contribution in [0.2, 0.25) is 0 Å². The third kappa shape index (κ3) is 5.89. The summed E-state index contributed by atoms with van der Waals surface area (Å²) in [5, 5.41) is 9.71. The molecular weight excluding hydrogens is 693 g/mol.